The molecular formula is C28H33ClN6O4. The lowest BCUT2D eigenvalue weighted by atomic mass is 10.0. The van der Waals surface area contributed by atoms with Crippen LogP contribution >= 0.6 is 11.6 Å². The molecule has 206 valence electrons. The number of fused-ring (bicyclic) bond motifs is 1. The Morgan fingerprint density at radius 3 is 2.92 bits per heavy atom. The van der Waals surface area contributed by atoms with Crippen LogP contribution in [0.1, 0.15) is 35.7 Å². The molecule has 11 heteroatoms. The summed E-state index contributed by atoms with van der Waals surface area (Å²) in [5, 5.41) is 6.59. The largest absolute Gasteiger partial charge is 0.381 e. The molecule has 10 nitrogen and oxygen atoms in total. The molecule has 4 rings (SSSR count). The second-order valence-corrected chi connectivity index (χ2v) is 9.69. The summed E-state index contributed by atoms with van der Waals surface area (Å²) in [5.41, 5.74) is 3.24. The van der Waals surface area contributed by atoms with E-state index in [0.29, 0.717) is 53.3 Å². The lowest BCUT2D eigenvalue weighted by molar-refractivity contribution is -0.124. The third kappa shape index (κ3) is 7.08. The van der Waals surface area contributed by atoms with Crippen LogP contribution in [-0.2, 0) is 20.8 Å². The zero-order valence-corrected chi connectivity index (χ0v) is 22.9. The van der Waals surface area contributed by atoms with E-state index in [-0.39, 0.29) is 31.1 Å². The van der Waals surface area contributed by atoms with E-state index >= 15 is 0 Å². The van der Waals surface area contributed by atoms with Gasteiger partial charge in [0.15, 0.2) is 0 Å². The summed E-state index contributed by atoms with van der Waals surface area (Å²) in [4.78, 5) is 41.1. The van der Waals surface area contributed by atoms with E-state index < -0.39 is 6.04 Å². The Balaban J connectivity index is 1.45. The Morgan fingerprint density at radius 1 is 1.38 bits per heavy atom. The zero-order valence-electron chi connectivity index (χ0n) is 22.2. The molecule has 0 unspecified atom stereocenters. The van der Waals surface area contributed by atoms with Crippen molar-refractivity contribution >= 4 is 35.1 Å². The van der Waals surface area contributed by atoms with Gasteiger partial charge in [-0.1, -0.05) is 42.5 Å². The molecule has 39 heavy (non-hydrogen) atoms. The Labute approximate surface area is 233 Å². The fourth-order valence-corrected chi connectivity index (χ4v) is 4.61. The predicted octanol–water partition coefficient (Wildman–Crippen LogP) is 3.64. The zero-order chi connectivity index (χ0) is 27.8. The van der Waals surface area contributed by atoms with Gasteiger partial charge in [0.2, 0.25) is 11.9 Å². The SMILES string of the molecule is C=C/C=C\C(CNC(=O)[C@@H](C)N1Cc2ccc(-c3nc(NC4CCOCC4)ncc3Cl)cc2C1=O)=NCOC. The van der Waals surface area contributed by atoms with Crippen molar-refractivity contribution in [1.82, 2.24) is 20.2 Å². The average molecular weight is 553 g/mol. The Morgan fingerprint density at radius 2 is 2.18 bits per heavy atom. The van der Waals surface area contributed by atoms with Crippen LogP contribution in [0, 0.1) is 0 Å². The van der Waals surface area contributed by atoms with Gasteiger partial charge < -0.3 is 25.0 Å². The standard InChI is InChI=1S/C28H33ClN6O4/c1-4-5-6-22(32-17-38-3)14-30-26(36)18(2)35-16-20-8-7-19(13-23(20)27(35)37)25-24(29)15-31-28(34-25)33-21-9-11-39-12-10-21/h4-8,13,15,18,21H,1,9-12,14,16-17H2,2-3H3,(H,30,36)(H,31,33,34)/b6-5-,32-22?/t18-/m1/s1. The first-order chi connectivity index (χ1) is 18.9. The third-order valence-corrected chi connectivity index (χ3v) is 6.90. The number of methoxy groups -OCH3 is 1. The number of rotatable bonds is 11. The van der Waals surface area contributed by atoms with Crippen molar-refractivity contribution in [2.45, 2.75) is 38.4 Å². The number of hydrogen-bond donors (Lipinski definition) is 2. The number of anilines is 1. The van der Waals surface area contributed by atoms with Crippen molar-refractivity contribution < 1.29 is 19.1 Å². The molecule has 2 N–H and O–H groups in total. The van der Waals surface area contributed by atoms with Crippen molar-refractivity contribution in [1.29, 1.82) is 0 Å². The second kappa shape index (κ2) is 13.5. The fourth-order valence-electron chi connectivity index (χ4n) is 4.41. The maximum Gasteiger partial charge on any atom is 0.255 e. The van der Waals surface area contributed by atoms with E-state index in [1.54, 1.807) is 49.4 Å². The van der Waals surface area contributed by atoms with E-state index in [2.05, 4.69) is 32.2 Å². The lowest BCUT2D eigenvalue weighted by Gasteiger charge is -2.23. The van der Waals surface area contributed by atoms with Crippen molar-refractivity contribution in [3.8, 4) is 11.3 Å². The first-order valence-electron chi connectivity index (χ1n) is 12.8. The van der Waals surface area contributed by atoms with Crippen LogP contribution in [-0.4, -0.2) is 78.1 Å². The molecule has 3 heterocycles. The number of benzene rings is 1. The van der Waals surface area contributed by atoms with Gasteiger partial charge in [-0.2, -0.15) is 0 Å². The summed E-state index contributed by atoms with van der Waals surface area (Å²) in [6.07, 6.45) is 8.42. The highest BCUT2D eigenvalue weighted by Gasteiger charge is 2.34. The highest BCUT2D eigenvalue weighted by Crippen LogP contribution is 2.32. The molecule has 0 radical (unpaired) electrons. The van der Waals surface area contributed by atoms with Crippen LogP contribution in [0.2, 0.25) is 5.02 Å². The first kappa shape index (κ1) is 28.4. The number of allylic oxidation sites excluding steroid dienone is 2. The van der Waals surface area contributed by atoms with Gasteiger partial charge in [-0.15, -0.1) is 0 Å². The molecule has 2 aliphatic rings. The normalized spacial score (nSPS) is 16.8. The molecule has 0 aliphatic carbocycles. The van der Waals surface area contributed by atoms with Crippen molar-refractivity contribution in [2.24, 2.45) is 4.99 Å². The summed E-state index contributed by atoms with van der Waals surface area (Å²) in [6.45, 7) is 7.47. The van der Waals surface area contributed by atoms with E-state index in [1.165, 1.54) is 0 Å². The first-order valence-corrected chi connectivity index (χ1v) is 13.2. The molecular weight excluding hydrogens is 520 g/mol. The number of carbonyl (C=O) groups excluding carboxylic acids is 2. The Kier molecular flexibility index (Phi) is 9.80. The highest BCUT2D eigenvalue weighted by molar-refractivity contribution is 6.33. The number of amides is 2. The number of halogens is 1. The third-order valence-electron chi connectivity index (χ3n) is 6.63. The predicted molar refractivity (Wildman–Crippen MR) is 151 cm³/mol. The molecule has 2 amide bonds. The minimum atomic E-state index is -0.682. The molecule has 1 aromatic heterocycles. The van der Waals surface area contributed by atoms with Crippen LogP contribution < -0.4 is 10.6 Å². The molecule has 1 aromatic carbocycles. The summed E-state index contributed by atoms with van der Waals surface area (Å²) in [7, 11) is 1.54. The molecule has 2 aliphatic heterocycles. The molecule has 1 atom stereocenters. The number of aromatic nitrogens is 2. The van der Waals surface area contributed by atoms with Gasteiger partial charge >= 0.3 is 0 Å². The van der Waals surface area contributed by atoms with Gasteiger partial charge in [0.05, 0.1) is 29.2 Å². The Hall–Kier alpha value is -3.60. The second-order valence-electron chi connectivity index (χ2n) is 9.28. The fraction of sp³-hybridized carbons (Fsp3) is 0.393. The summed E-state index contributed by atoms with van der Waals surface area (Å²) < 4.78 is 10.4. The maximum absolute atomic E-state index is 13.4. The quantitative estimate of drug-likeness (QED) is 0.323. The van der Waals surface area contributed by atoms with Gasteiger partial charge in [-0.05, 0) is 37.5 Å². The van der Waals surface area contributed by atoms with Crippen LogP contribution in [0.15, 0.2) is 54.2 Å². The van der Waals surface area contributed by atoms with E-state index in [4.69, 9.17) is 21.1 Å². The van der Waals surface area contributed by atoms with Crippen LogP contribution in [0.25, 0.3) is 11.3 Å². The smallest absolute Gasteiger partial charge is 0.255 e. The minimum Gasteiger partial charge on any atom is -0.381 e. The topological polar surface area (TPSA) is 118 Å². The highest BCUT2D eigenvalue weighted by atomic mass is 35.5. The summed E-state index contributed by atoms with van der Waals surface area (Å²) in [6, 6.07) is 5.10. The molecule has 1 saturated heterocycles. The number of aliphatic imine (C=N–C) groups is 1. The average Bonchev–Trinajstić information content (AvgIpc) is 3.29. The van der Waals surface area contributed by atoms with Gasteiger partial charge in [-0.25, -0.2) is 9.97 Å². The molecule has 1 fully saturated rings. The molecule has 0 saturated carbocycles. The maximum atomic E-state index is 13.4. The molecule has 2 aromatic rings. The number of hydrogen-bond acceptors (Lipinski definition) is 8. The number of carbonyl (C=O) groups is 2. The van der Waals surface area contributed by atoms with Crippen molar-refractivity contribution in [3.63, 3.8) is 0 Å². The Bertz CT molecular complexity index is 1270. The van der Waals surface area contributed by atoms with E-state index in [9.17, 15) is 9.59 Å². The number of nitrogens with zero attached hydrogens (tertiary/aromatic N) is 4. The van der Waals surface area contributed by atoms with Gasteiger partial charge in [0.25, 0.3) is 5.91 Å². The van der Waals surface area contributed by atoms with E-state index in [1.807, 2.05) is 12.1 Å². The number of ether oxygens (including phenoxy) is 2. The van der Waals surface area contributed by atoms with Gasteiger partial charge in [0.1, 0.15) is 12.8 Å². The van der Waals surface area contributed by atoms with Crippen LogP contribution in [0.3, 0.4) is 0 Å². The van der Waals surface area contributed by atoms with Crippen LogP contribution in [0.5, 0.6) is 0 Å². The van der Waals surface area contributed by atoms with E-state index in [0.717, 1.165) is 18.4 Å². The van der Waals surface area contributed by atoms with Gasteiger partial charge in [-0.3, -0.25) is 14.6 Å². The molecule has 0 spiro atoms. The minimum absolute atomic E-state index is 0.175. The van der Waals surface area contributed by atoms with Crippen LogP contribution in [0.4, 0.5) is 5.95 Å². The summed E-state index contributed by atoms with van der Waals surface area (Å²) in [5.74, 6) is -0.0207. The lowest BCUT2D eigenvalue weighted by Crippen LogP contribution is -2.46. The van der Waals surface area contributed by atoms with Crippen molar-refractivity contribution in [3.05, 3.63) is 65.4 Å². The number of nitrogens with one attached hydrogen (secondary N) is 2. The van der Waals surface area contributed by atoms with Crippen molar-refractivity contribution in [2.75, 3.05) is 38.9 Å². The summed E-state index contributed by atoms with van der Waals surface area (Å²) >= 11 is 6.46. The van der Waals surface area contributed by atoms with Gasteiger partial charge in [0, 0.05) is 44.0 Å². The monoisotopic (exact) mass is 552 g/mol. The molecule has 0 bridgehead atoms.